The fraction of sp³-hybridized carbons (Fsp3) is 0.517. The quantitative estimate of drug-likeness (QED) is 0.189. The molecule has 0 bridgehead atoms. The summed E-state index contributed by atoms with van der Waals surface area (Å²) in [6.07, 6.45) is 4.33. The van der Waals surface area contributed by atoms with Gasteiger partial charge in [-0.25, -0.2) is 8.78 Å². The second-order valence-corrected chi connectivity index (χ2v) is 9.83. The Labute approximate surface area is 229 Å². The van der Waals surface area contributed by atoms with Crippen molar-refractivity contribution in [2.24, 2.45) is 0 Å². The van der Waals surface area contributed by atoms with E-state index in [2.05, 4.69) is 29.8 Å². The average Bonchev–Trinajstić information content (AvgIpc) is 2.92. The zero-order valence-electron chi connectivity index (χ0n) is 22.8. The van der Waals surface area contributed by atoms with Gasteiger partial charge in [0.25, 0.3) is 5.91 Å². The summed E-state index contributed by atoms with van der Waals surface area (Å²) in [7, 11) is 0. The van der Waals surface area contributed by atoms with Crippen LogP contribution in [0.1, 0.15) is 50.7 Å². The molecule has 3 rings (SSSR count). The summed E-state index contributed by atoms with van der Waals surface area (Å²) in [5.74, 6) is -1.44. The summed E-state index contributed by atoms with van der Waals surface area (Å²) in [5, 5.41) is 19.2. The molecule has 0 saturated carbocycles. The van der Waals surface area contributed by atoms with Crippen molar-refractivity contribution in [1.82, 2.24) is 15.5 Å². The molecule has 0 aromatic heterocycles. The molecular weight excluding hydrogens is 506 g/mol. The number of hydrogen-bond donors (Lipinski definition) is 4. The van der Waals surface area contributed by atoms with Gasteiger partial charge in [0.1, 0.15) is 11.4 Å². The number of fused-ring (bicyclic) bond motifs is 1. The van der Waals surface area contributed by atoms with Gasteiger partial charge in [-0.1, -0.05) is 38.0 Å². The number of phenols is 1. The fourth-order valence-corrected chi connectivity index (χ4v) is 4.63. The molecule has 1 heterocycles. The monoisotopic (exact) mass is 546 g/mol. The number of amides is 2. The minimum atomic E-state index is -0.850. The van der Waals surface area contributed by atoms with Crippen molar-refractivity contribution in [2.45, 2.75) is 58.4 Å². The number of nitrogens with zero attached hydrogens (tertiary/aromatic N) is 1. The molecule has 1 aliphatic heterocycles. The number of carbonyl (C=O) groups excluding carboxylic acids is 2. The van der Waals surface area contributed by atoms with E-state index in [-0.39, 0.29) is 30.2 Å². The molecule has 2 aromatic carbocycles. The summed E-state index contributed by atoms with van der Waals surface area (Å²) in [4.78, 5) is 26.6. The van der Waals surface area contributed by atoms with Crippen molar-refractivity contribution in [2.75, 3.05) is 44.6 Å². The Hall–Kier alpha value is -3.24. The van der Waals surface area contributed by atoms with Crippen molar-refractivity contribution in [3.63, 3.8) is 0 Å². The van der Waals surface area contributed by atoms with Gasteiger partial charge in [-0.05, 0) is 62.5 Å². The van der Waals surface area contributed by atoms with Crippen LogP contribution in [0.25, 0.3) is 0 Å². The maximum Gasteiger partial charge on any atom is 0.262 e. The number of ether oxygens (including phenoxy) is 1. The number of hydrogen-bond acceptors (Lipinski definition) is 6. The molecule has 2 aromatic rings. The highest BCUT2D eigenvalue weighted by molar-refractivity contribution is 5.97. The lowest BCUT2D eigenvalue weighted by Gasteiger charge is -2.30. The molecule has 8 nitrogen and oxygen atoms in total. The van der Waals surface area contributed by atoms with Crippen LogP contribution in [0.4, 0.5) is 14.5 Å². The van der Waals surface area contributed by atoms with Crippen LogP contribution in [-0.2, 0) is 22.4 Å². The van der Waals surface area contributed by atoms with Gasteiger partial charge in [-0.2, -0.15) is 0 Å². The lowest BCUT2D eigenvalue weighted by molar-refractivity contribution is -0.133. The summed E-state index contributed by atoms with van der Waals surface area (Å²) in [6, 6.07) is 7.60. The van der Waals surface area contributed by atoms with Crippen LogP contribution >= 0.6 is 0 Å². The van der Waals surface area contributed by atoms with Crippen molar-refractivity contribution in [3.8, 4) is 11.5 Å². The van der Waals surface area contributed by atoms with Gasteiger partial charge in [0.05, 0.1) is 0 Å². The average molecular weight is 547 g/mol. The van der Waals surface area contributed by atoms with Gasteiger partial charge in [-0.3, -0.25) is 9.59 Å². The predicted octanol–water partition coefficient (Wildman–Crippen LogP) is 3.76. The van der Waals surface area contributed by atoms with Crippen LogP contribution in [0.5, 0.6) is 11.5 Å². The van der Waals surface area contributed by atoms with E-state index in [0.29, 0.717) is 69.0 Å². The van der Waals surface area contributed by atoms with Gasteiger partial charge in [0.2, 0.25) is 5.91 Å². The number of carbonyl (C=O) groups is 2. The van der Waals surface area contributed by atoms with Crippen LogP contribution < -0.4 is 20.7 Å². The first-order chi connectivity index (χ1) is 18.8. The van der Waals surface area contributed by atoms with Gasteiger partial charge < -0.3 is 30.7 Å². The summed E-state index contributed by atoms with van der Waals surface area (Å²) in [6.45, 7) is 6.85. The Kier molecular flexibility index (Phi) is 11.9. The second-order valence-electron chi connectivity index (χ2n) is 9.83. The molecule has 0 saturated heterocycles. The molecule has 214 valence electrons. The Balaban J connectivity index is 1.44. The van der Waals surface area contributed by atoms with E-state index in [1.807, 2.05) is 4.90 Å². The molecular formula is C29H40F2N4O4. The highest BCUT2D eigenvalue weighted by Gasteiger charge is 2.23. The number of nitrogens with one attached hydrogen (secondary N) is 3. The molecule has 0 unspecified atom stereocenters. The molecule has 0 fully saturated rings. The Morgan fingerprint density at radius 3 is 2.62 bits per heavy atom. The minimum absolute atomic E-state index is 0.0272. The number of phenolic OH excluding ortho intramolecular Hbond substituents is 1. The normalized spacial score (nSPS) is 13.4. The molecule has 1 atom stereocenters. The number of anilines is 1. The maximum absolute atomic E-state index is 13.8. The number of halogens is 2. The lowest BCUT2D eigenvalue weighted by Crippen LogP contribution is -2.43. The maximum atomic E-state index is 13.8. The number of aromatic hydroxyl groups is 1. The number of rotatable bonds is 16. The first-order valence-electron chi connectivity index (χ1n) is 13.7. The van der Waals surface area contributed by atoms with Gasteiger partial charge in [0, 0.05) is 32.1 Å². The standard InChI is InChI=1S/C29H40F2N4O4/c1-3-4-6-20(2)35(26(38)13-16-32-14-11-21-7-5-8-23(30)27(21)31)18-17-33-15-12-22-9-10-24(36)28-29(22)39-19-25(37)34-28/h5,7-10,20,32-33,36H,3-4,6,11-19H2,1-2H3,(H,34,37)/t20-/m1/s1. The van der Waals surface area contributed by atoms with Gasteiger partial charge in [0.15, 0.2) is 24.0 Å². The largest absolute Gasteiger partial charge is 0.506 e. The number of benzene rings is 2. The molecule has 0 spiro atoms. The minimum Gasteiger partial charge on any atom is -0.506 e. The van der Waals surface area contributed by atoms with Crippen molar-refractivity contribution in [1.29, 1.82) is 0 Å². The third-order valence-corrected chi connectivity index (χ3v) is 6.88. The summed E-state index contributed by atoms with van der Waals surface area (Å²) < 4.78 is 32.7. The van der Waals surface area contributed by atoms with Gasteiger partial charge >= 0.3 is 0 Å². The Bertz CT molecular complexity index is 1110. The number of unbranched alkanes of at least 4 members (excludes halogenated alkanes) is 1. The second kappa shape index (κ2) is 15.4. The molecule has 39 heavy (non-hydrogen) atoms. The molecule has 1 aliphatic rings. The summed E-state index contributed by atoms with van der Waals surface area (Å²) >= 11 is 0. The van der Waals surface area contributed by atoms with E-state index in [1.54, 1.807) is 18.2 Å². The predicted molar refractivity (Wildman–Crippen MR) is 147 cm³/mol. The van der Waals surface area contributed by atoms with Crippen LogP contribution in [0.15, 0.2) is 30.3 Å². The molecule has 0 aliphatic carbocycles. The van der Waals surface area contributed by atoms with E-state index in [0.717, 1.165) is 30.9 Å². The smallest absolute Gasteiger partial charge is 0.262 e. The lowest BCUT2D eigenvalue weighted by atomic mass is 10.1. The van der Waals surface area contributed by atoms with E-state index in [9.17, 15) is 23.5 Å². The highest BCUT2D eigenvalue weighted by atomic mass is 19.2. The molecule has 10 heteroatoms. The first kappa shape index (κ1) is 30.3. The third kappa shape index (κ3) is 8.90. The van der Waals surface area contributed by atoms with Crippen molar-refractivity contribution in [3.05, 3.63) is 53.1 Å². The van der Waals surface area contributed by atoms with Crippen LogP contribution in [0, 0.1) is 11.6 Å². The molecule has 2 amide bonds. The topological polar surface area (TPSA) is 103 Å². The van der Waals surface area contributed by atoms with E-state index < -0.39 is 11.6 Å². The zero-order valence-corrected chi connectivity index (χ0v) is 22.8. The Morgan fingerprint density at radius 1 is 1.10 bits per heavy atom. The zero-order chi connectivity index (χ0) is 28.2. The van der Waals surface area contributed by atoms with Crippen molar-refractivity contribution >= 4 is 17.5 Å². The molecule has 4 N–H and O–H groups in total. The molecule has 0 radical (unpaired) electrons. The SMILES string of the molecule is CCCC[C@@H](C)N(CCNCCc1ccc(O)c2c1OCC(=O)N2)C(=O)CCNCCc1cccc(F)c1F. The third-order valence-electron chi connectivity index (χ3n) is 6.88. The first-order valence-corrected chi connectivity index (χ1v) is 13.7. The van der Waals surface area contributed by atoms with Crippen molar-refractivity contribution < 1.29 is 28.2 Å². The summed E-state index contributed by atoms with van der Waals surface area (Å²) in [5.41, 5.74) is 1.50. The Morgan fingerprint density at radius 2 is 1.85 bits per heavy atom. The fourth-order valence-electron chi connectivity index (χ4n) is 4.63. The van der Waals surface area contributed by atoms with Crippen LogP contribution in [0.3, 0.4) is 0 Å². The van der Waals surface area contributed by atoms with Gasteiger partial charge in [-0.15, -0.1) is 0 Å². The van der Waals surface area contributed by atoms with E-state index >= 15 is 0 Å². The highest BCUT2D eigenvalue weighted by Crippen LogP contribution is 2.39. The van der Waals surface area contributed by atoms with E-state index in [4.69, 9.17) is 4.74 Å². The van der Waals surface area contributed by atoms with Crippen LogP contribution in [-0.4, -0.2) is 67.2 Å². The van der Waals surface area contributed by atoms with E-state index in [1.165, 1.54) is 6.07 Å². The van der Waals surface area contributed by atoms with Crippen LogP contribution in [0.2, 0.25) is 0 Å².